The van der Waals surface area contributed by atoms with Gasteiger partial charge in [0.2, 0.25) is 0 Å². The number of pyridine rings is 1. The van der Waals surface area contributed by atoms with Gasteiger partial charge in [0, 0.05) is 11.6 Å². The molecule has 2 amide bonds. The van der Waals surface area contributed by atoms with Crippen molar-refractivity contribution in [2.45, 2.75) is 0 Å². The summed E-state index contributed by atoms with van der Waals surface area (Å²) in [6, 6.07) is 11.3. The van der Waals surface area contributed by atoms with Gasteiger partial charge < -0.3 is 9.52 Å². The number of anilines is 1. The van der Waals surface area contributed by atoms with Gasteiger partial charge in [0.15, 0.2) is 5.76 Å². The Labute approximate surface area is 129 Å². The van der Waals surface area contributed by atoms with E-state index >= 15 is 0 Å². The lowest BCUT2D eigenvalue weighted by molar-refractivity contribution is 0.0958. The standard InChI is InChI=1S/C15H9ClN2O4/c16-10-5-6-13(17-8-10)18(15(20)21)14(19)12-7-9-3-1-2-4-11(9)22-12/h1-8H,(H,20,21). The number of carboxylic acid groups (broad SMARTS) is 1. The van der Waals surface area contributed by atoms with E-state index in [9.17, 15) is 14.7 Å². The molecule has 2 heterocycles. The number of amides is 2. The maximum atomic E-state index is 12.4. The number of fused-ring (bicyclic) bond motifs is 1. The van der Waals surface area contributed by atoms with Crippen LogP contribution in [-0.4, -0.2) is 22.1 Å². The van der Waals surface area contributed by atoms with E-state index in [4.69, 9.17) is 16.0 Å². The molecule has 0 aliphatic rings. The smallest absolute Gasteiger partial charge is 0.420 e. The van der Waals surface area contributed by atoms with Crippen molar-refractivity contribution in [3.05, 3.63) is 59.4 Å². The molecule has 6 nitrogen and oxygen atoms in total. The van der Waals surface area contributed by atoms with Crippen LogP contribution in [0, 0.1) is 0 Å². The minimum absolute atomic E-state index is 0.0534. The van der Waals surface area contributed by atoms with Gasteiger partial charge in [-0.25, -0.2) is 9.78 Å². The van der Waals surface area contributed by atoms with E-state index in [0.29, 0.717) is 20.9 Å². The Bertz CT molecular complexity index is 824. The molecule has 3 aromatic rings. The largest absolute Gasteiger partial charge is 0.464 e. The molecule has 0 spiro atoms. The predicted octanol–water partition coefficient (Wildman–Crippen LogP) is 3.81. The normalized spacial score (nSPS) is 10.6. The number of hydrogen-bond donors (Lipinski definition) is 1. The lowest BCUT2D eigenvalue weighted by Gasteiger charge is -2.14. The molecule has 7 heteroatoms. The van der Waals surface area contributed by atoms with E-state index in [-0.39, 0.29) is 11.6 Å². The molecule has 0 fully saturated rings. The minimum atomic E-state index is -1.46. The Morgan fingerprint density at radius 3 is 2.59 bits per heavy atom. The van der Waals surface area contributed by atoms with Crippen LogP contribution >= 0.6 is 11.6 Å². The Balaban J connectivity index is 2.02. The van der Waals surface area contributed by atoms with Crippen LogP contribution in [0.1, 0.15) is 10.6 Å². The number of halogens is 1. The summed E-state index contributed by atoms with van der Waals surface area (Å²) in [6.45, 7) is 0. The van der Waals surface area contributed by atoms with Crippen molar-refractivity contribution in [3.8, 4) is 0 Å². The van der Waals surface area contributed by atoms with Gasteiger partial charge in [-0.2, -0.15) is 4.90 Å². The van der Waals surface area contributed by atoms with Crippen LogP contribution in [0.2, 0.25) is 5.02 Å². The maximum absolute atomic E-state index is 12.4. The minimum Gasteiger partial charge on any atom is -0.464 e. The summed E-state index contributed by atoms with van der Waals surface area (Å²) in [5.41, 5.74) is 0.500. The summed E-state index contributed by atoms with van der Waals surface area (Å²) in [7, 11) is 0. The van der Waals surface area contributed by atoms with Crippen molar-refractivity contribution in [2.24, 2.45) is 0 Å². The second-order valence-corrected chi connectivity index (χ2v) is 4.84. The highest BCUT2D eigenvalue weighted by Crippen LogP contribution is 2.22. The van der Waals surface area contributed by atoms with Gasteiger partial charge in [-0.05, 0) is 24.3 Å². The highest BCUT2D eigenvalue weighted by molar-refractivity contribution is 6.30. The molecule has 110 valence electrons. The zero-order chi connectivity index (χ0) is 15.7. The molecule has 0 aliphatic carbocycles. The highest BCUT2D eigenvalue weighted by atomic mass is 35.5. The van der Waals surface area contributed by atoms with E-state index in [1.165, 1.54) is 24.4 Å². The van der Waals surface area contributed by atoms with Gasteiger partial charge in [-0.15, -0.1) is 0 Å². The average Bonchev–Trinajstić information content (AvgIpc) is 2.93. The van der Waals surface area contributed by atoms with Crippen molar-refractivity contribution in [1.29, 1.82) is 0 Å². The third kappa shape index (κ3) is 2.51. The highest BCUT2D eigenvalue weighted by Gasteiger charge is 2.28. The molecular formula is C15H9ClN2O4. The summed E-state index contributed by atoms with van der Waals surface area (Å²) in [6.07, 6.45) is -0.195. The third-order valence-corrected chi connectivity index (χ3v) is 3.20. The molecule has 0 atom stereocenters. The quantitative estimate of drug-likeness (QED) is 0.777. The fourth-order valence-electron chi connectivity index (χ4n) is 1.99. The number of furan rings is 1. The summed E-state index contributed by atoms with van der Waals surface area (Å²) in [5.74, 6) is -0.957. The van der Waals surface area contributed by atoms with Crippen LogP contribution in [0.3, 0.4) is 0 Å². The van der Waals surface area contributed by atoms with Gasteiger partial charge in [-0.3, -0.25) is 4.79 Å². The molecule has 1 N–H and O–H groups in total. The number of aromatic nitrogens is 1. The summed E-state index contributed by atoms with van der Waals surface area (Å²) in [4.78, 5) is 28.2. The first-order valence-corrected chi connectivity index (χ1v) is 6.61. The second kappa shape index (κ2) is 5.50. The Kier molecular flexibility index (Phi) is 3.52. The molecule has 0 saturated carbocycles. The van der Waals surface area contributed by atoms with Gasteiger partial charge in [-0.1, -0.05) is 29.8 Å². The van der Waals surface area contributed by atoms with Crippen LogP contribution in [0.4, 0.5) is 10.6 Å². The zero-order valence-electron chi connectivity index (χ0n) is 11.1. The van der Waals surface area contributed by atoms with Crippen molar-refractivity contribution in [3.63, 3.8) is 0 Å². The van der Waals surface area contributed by atoms with Crippen molar-refractivity contribution < 1.29 is 19.1 Å². The van der Waals surface area contributed by atoms with E-state index in [1.54, 1.807) is 24.3 Å². The molecule has 1 aromatic carbocycles. The molecule has 0 unspecified atom stereocenters. The van der Waals surface area contributed by atoms with Gasteiger partial charge in [0.1, 0.15) is 11.4 Å². The number of para-hydroxylation sites is 1. The molecule has 0 aliphatic heterocycles. The number of imide groups is 1. The first-order chi connectivity index (χ1) is 10.6. The molecule has 2 aromatic heterocycles. The summed E-state index contributed by atoms with van der Waals surface area (Å²) >= 11 is 5.71. The fraction of sp³-hybridized carbons (Fsp3) is 0. The van der Waals surface area contributed by atoms with E-state index in [0.717, 1.165) is 0 Å². The molecule has 0 radical (unpaired) electrons. The Morgan fingerprint density at radius 2 is 1.95 bits per heavy atom. The lowest BCUT2D eigenvalue weighted by Crippen LogP contribution is -2.36. The Morgan fingerprint density at radius 1 is 1.18 bits per heavy atom. The predicted molar refractivity (Wildman–Crippen MR) is 80.3 cm³/mol. The molecule has 22 heavy (non-hydrogen) atoms. The number of hydrogen-bond acceptors (Lipinski definition) is 4. The SMILES string of the molecule is O=C(O)N(C(=O)c1cc2ccccc2o1)c1ccc(Cl)cn1. The summed E-state index contributed by atoms with van der Waals surface area (Å²) in [5, 5.41) is 10.3. The number of carbonyl (C=O) groups excluding carboxylic acids is 1. The molecule has 0 bridgehead atoms. The summed E-state index contributed by atoms with van der Waals surface area (Å²) < 4.78 is 5.40. The number of nitrogens with zero attached hydrogens (tertiary/aromatic N) is 2. The number of carbonyl (C=O) groups is 2. The van der Waals surface area contributed by atoms with E-state index in [2.05, 4.69) is 4.98 Å². The van der Waals surface area contributed by atoms with Crippen molar-refractivity contribution >= 4 is 40.4 Å². The first kappa shape index (κ1) is 14.1. The van der Waals surface area contributed by atoms with E-state index < -0.39 is 12.0 Å². The van der Waals surface area contributed by atoms with Crippen LogP contribution in [-0.2, 0) is 0 Å². The van der Waals surface area contributed by atoms with Crippen LogP contribution < -0.4 is 4.90 Å². The maximum Gasteiger partial charge on any atom is 0.420 e. The van der Waals surface area contributed by atoms with Crippen molar-refractivity contribution in [2.75, 3.05) is 4.90 Å². The molecular weight excluding hydrogens is 308 g/mol. The van der Waals surface area contributed by atoms with E-state index in [1.807, 2.05) is 0 Å². The molecule has 3 rings (SSSR count). The van der Waals surface area contributed by atoms with Crippen molar-refractivity contribution in [1.82, 2.24) is 4.98 Å². The topological polar surface area (TPSA) is 83.6 Å². The fourth-order valence-corrected chi connectivity index (χ4v) is 2.10. The second-order valence-electron chi connectivity index (χ2n) is 4.41. The number of rotatable bonds is 2. The first-order valence-electron chi connectivity index (χ1n) is 6.24. The van der Waals surface area contributed by atoms with Gasteiger partial charge in [0.25, 0.3) is 0 Å². The van der Waals surface area contributed by atoms with Crippen LogP contribution in [0.25, 0.3) is 11.0 Å². The van der Waals surface area contributed by atoms with Gasteiger partial charge in [0.05, 0.1) is 5.02 Å². The number of benzene rings is 1. The molecule has 0 saturated heterocycles. The lowest BCUT2D eigenvalue weighted by atomic mass is 10.2. The van der Waals surface area contributed by atoms with Gasteiger partial charge >= 0.3 is 12.0 Å². The zero-order valence-corrected chi connectivity index (χ0v) is 11.8. The van der Waals surface area contributed by atoms with Crippen LogP contribution in [0.15, 0.2) is 53.1 Å². The third-order valence-electron chi connectivity index (χ3n) is 2.97. The Hall–Kier alpha value is -2.86. The average molecular weight is 317 g/mol. The monoisotopic (exact) mass is 316 g/mol. The van der Waals surface area contributed by atoms with Crippen LogP contribution in [0.5, 0.6) is 0 Å².